The van der Waals surface area contributed by atoms with E-state index in [1.807, 2.05) is 20.8 Å². The number of urea groups is 1. The molecule has 0 radical (unpaired) electrons. The number of nitrogens with zero attached hydrogens (tertiary/aromatic N) is 2. The highest BCUT2D eigenvalue weighted by molar-refractivity contribution is 6.60. The lowest BCUT2D eigenvalue weighted by atomic mass is 10.5. The van der Waals surface area contributed by atoms with Gasteiger partial charge in [0.2, 0.25) is 0 Å². The monoisotopic (exact) mass is 335 g/mol. The Morgan fingerprint density at radius 1 is 1.00 bits per heavy atom. The highest BCUT2D eigenvalue weighted by Crippen LogP contribution is 2.17. The first-order valence-electron chi connectivity index (χ1n) is 7.22. The van der Waals surface area contributed by atoms with E-state index in [9.17, 15) is 9.59 Å². The van der Waals surface area contributed by atoms with Crippen molar-refractivity contribution < 1.29 is 27.6 Å². The van der Waals surface area contributed by atoms with Crippen LogP contribution in [0.2, 0.25) is 6.04 Å². The minimum Gasteiger partial charge on any atom is -0.450 e. The second-order valence-corrected chi connectivity index (χ2v) is 6.72. The van der Waals surface area contributed by atoms with Gasteiger partial charge in [-0.3, -0.25) is 0 Å². The van der Waals surface area contributed by atoms with Crippen LogP contribution in [-0.2, 0) is 18.0 Å². The number of carbonyl (C=O) groups is 2. The minimum atomic E-state index is -2.69. The van der Waals surface area contributed by atoms with Gasteiger partial charge < -0.3 is 23.3 Å². The van der Waals surface area contributed by atoms with E-state index in [0.717, 1.165) is 7.11 Å². The lowest BCUT2D eigenvalue weighted by molar-refractivity contribution is 0.0708. The third kappa shape index (κ3) is 8.82. The summed E-state index contributed by atoms with van der Waals surface area (Å²) in [5, 5.41) is 8.71. The van der Waals surface area contributed by atoms with Crippen molar-refractivity contribution in [1.82, 2.24) is 5.32 Å². The van der Waals surface area contributed by atoms with E-state index in [1.165, 1.54) is 0 Å². The third-order valence-electron chi connectivity index (χ3n) is 2.43. The molecule has 0 aliphatic rings. The van der Waals surface area contributed by atoms with E-state index in [2.05, 4.69) is 20.3 Å². The molecular weight excluding hydrogens is 310 g/mol. The zero-order valence-corrected chi connectivity index (χ0v) is 14.6. The van der Waals surface area contributed by atoms with Crippen LogP contribution in [0.25, 0.3) is 0 Å². The molecule has 0 aliphatic carbocycles. The van der Waals surface area contributed by atoms with Gasteiger partial charge in [0.15, 0.2) is 0 Å². The first kappa shape index (κ1) is 20.6. The standard InChI is InChI=1S/C12H25N3O6Si/c1-5-19-22(20-6-2,21-7-3)10-8-9-13-11(16)14-15-12(17)18-4/h5-10H2,1-4H3,(H,13,16)/b15-14+. The molecule has 0 aromatic heterocycles. The molecule has 0 aromatic carbocycles. The van der Waals surface area contributed by atoms with Gasteiger partial charge in [-0.15, -0.1) is 0 Å². The Labute approximate surface area is 131 Å². The molecule has 3 amide bonds. The fourth-order valence-corrected chi connectivity index (χ4v) is 4.28. The highest BCUT2D eigenvalue weighted by Gasteiger charge is 2.39. The second kappa shape index (κ2) is 12.2. The van der Waals surface area contributed by atoms with Gasteiger partial charge >= 0.3 is 20.9 Å². The van der Waals surface area contributed by atoms with Crippen LogP contribution in [0.4, 0.5) is 9.59 Å². The molecular formula is C12H25N3O6Si. The molecule has 0 bridgehead atoms. The Hall–Kier alpha value is -1.36. The molecule has 1 N–H and O–H groups in total. The van der Waals surface area contributed by atoms with Gasteiger partial charge in [-0.25, -0.2) is 9.59 Å². The Kier molecular flexibility index (Phi) is 11.5. The number of nitrogens with one attached hydrogen (secondary N) is 1. The lowest BCUT2D eigenvalue weighted by Crippen LogP contribution is -2.46. The number of hydrogen-bond donors (Lipinski definition) is 1. The predicted molar refractivity (Wildman–Crippen MR) is 80.7 cm³/mol. The van der Waals surface area contributed by atoms with E-state index in [-0.39, 0.29) is 0 Å². The van der Waals surface area contributed by atoms with E-state index in [0.29, 0.717) is 38.8 Å². The van der Waals surface area contributed by atoms with Crippen LogP contribution in [0, 0.1) is 0 Å². The van der Waals surface area contributed by atoms with E-state index in [1.54, 1.807) is 0 Å². The normalized spacial score (nSPS) is 11.6. The topological polar surface area (TPSA) is 108 Å². The minimum absolute atomic E-state index is 0.348. The average molecular weight is 335 g/mol. The fraction of sp³-hybridized carbons (Fsp3) is 0.833. The summed E-state index contributed by atoms with van der Waals surface area (Å²) in [6, 6.07) is -0.126. The average Bonchev–Trinajstić information content (AvgIpc) is 2.50. The number of azo groups is 1. The zero-order chi connectivity index (χ0) is 16.8. The summed E-state index contributed by atoms with van der Waals surface area (Å²) in [5.74, 6) is 0. The number of hydrogen-bond acceptors (Lipinski definition) is 6. The van der Waals surface area contributed by atoms with E-state index in [4.69, 9.17) is 13.3 Å². The summed E-state index contributed by atoms with van der Waals surface area (Å²) < 4.78 is 21.3. The van der Waals surface area contributed by atoms with E-state index < -0.39 is 20.9 Å². The lowest BCUT2D eigenvalue weighted by Gasteiger charge is -2.28. The molecule has 0 aromatic rings. The highest BCUT2D eigenvalue weighted by atomic mass is 28.4. The second-order valence-electron chi connectivity index (χ2n) is 3.99. The van der Waals surface area contributed by atoms with Crippen molar-refractivity contribution in [3.05, 3.63) is 0 Å². The van der Waals surface area contributed by atoms with Crippen LogP contribution in [0.3, 0.4) is 0 Å². The summed E-state index contributed by atoms with van der Waals surface area (Å²) >= 11 is 0. The number of ether oxygens (including phenoxy) is 1. The van der Waals surface area contributed by atoms with Gasteiger partial charge in [-0.1, -0.05) is 10.2 Å². The molecule has 128 valence electrons. The van der Waals surface area contributed by atoms with Crippen LogP contribution < -0.4 is 5.32 Å². The number of amides is 3. The SMILES string of the molecule is CCO[Si](CCCNC(=O)/N=N/C(=O)OC)(OCC)OCC. The summed E-state index contributed by atoms with van der Waals surface area (Å²) in [6.07, 6.45) is -0.322. The van der Waals surface area contributed by atoms with Crippen LogP contribution in [0.1, 0.15) is 27.2 Å². The van der Waals surface area contributed by atoms with Crippen molar-refractivity contribution in [1.29, 1.82) is 0 Å². The van der Waals surface area contributed by atoms with Crippen molar-refractivity contribution in [3.63, 3.8) is 0 Å². The van der Waals surface area contributed by atoms with Crippen molar-refractivity contribution in [3.8, 4) is 0 Å². The van der Waals surface area contributed by atoms with Crippen LogP contribution >= 0.6 is 0 Å². The summed E-state index contributed by atoms with van der Waals surface area (Å²) in [4.78, 5) is 22.0. The molecule has 22 heavy (non-hydrogen) atoms. The Bertz CT molecular complexity index is 350. The quantitative estimate of drug-likeness (QED) is 0.373. The number of rotatable bonds is 10. The van der Waals surface area contributed by atoms with Crippen molar-refractivity contribution in [2.75, 3.05) is 33.5 Å². The molecule has 0 fully saturated rings. The summed E-state index contributed by atoms with van der Waals surface area (Å²) in [7, 11) is -1.54. The van der Waals surface area contributed by atoms with Crippen LogP contribution in [0.15, 0.2) is 10.2 Å². The molecule has 0 unspecified atom stereocenters. The molecule has 0 saturated heterocycles. The van der Waals surface area contributed by atoms with Gasteiger partial charge in [0.1, 0.15) is 0 Å². The van der Waals surface area contributed by atoms with Gasteiger partial charge in [0, 0.05) is 32.4 Å². The third-order valence-corrected chi connectivity index (χ3v) is 5.58. The van der Waals surface area contributed by atoms with Crippen molar-refractivity contribution in [2.45, 2.75) is 33.2 Å². The Balaban J connectivity index is 4.24. The smallest absolute Gasteiger partial charge is 0.450 e. The maximum Gasteiger partial charge on any atom is 0.500 e. The zero-order valence-electron chi connectivity index (χ0n) is 13.6. The molecule has 9 nitrogen and oxygen atoms in total. The van der Waals surface area contributed by atoms with Gasteiger partial charge in [0.25, 0.3) is 0 Å². The van der Waals surface area contributed by atoms with Crippen LogP contribution in [0.5, 0.6) is 0 Å². The first-order chi connectivity index (χ1) is 10.5. The summed E-state index contributed by atoms with van der Waals surface area (Å²) in [6.45, 7) is 7.52. The first-order valence-corrected chi connectivity index (χ1v) is 9.16. The predicted octanol–water partition coefficient (Wildman–Crippen LogP) is 2.35. The maximum atomic E-state index is 11.3. The van der Waals surface area contributed by atoms with Crippen molar-refractivity contribution in [2.24, 2.45) is 10.2 Å². The largest absolute Gasteiger partial charge is 0.500 e. The molecule has 0 aliphatic heterocycles. The fourth-order valence-electron chi connectivity index (χ4n) is 1.66. The molecule has 0 heterocycles. The molecule has 0 atom stereocenters. The molecule has 0 saturated carbocycles. The van der Waals surface area contributed by atoms with Crippen molar-refractivity contribution >= 4 is 20.9 Å². The molecule has 10 heteroatoms. The summed E-state index contributed by atoms with van der Waals surface area (Å²) in [5.41, 5.74) is 0. The van der Waals surface area contributed by atoms with Crippen LogP contribution in [-0.4, -0.2) is 54.4 Å². The van der Waals surface area contributed by atoms with Gasteiger partial charge in [0.05, 0.1) is 7.11 Å². The van der Waals surface area contributed by atoms with E-state index >= 15 is 0 Å². The Morgan fingerprint density at radius 2 is 1.55 bits per heavy atom. The molecule has 0 rings (SSSR count). The number of methoxy groups -OCH3 is 1. The molecule has 0 spiro atoms. The maximum absolute atomic E-state index is 11.3. The van der Waals surface area contributed by atoms with Gasteiger partial charge in [-0.05, 0) is 27.2 Å². The number of carbonyl (C=O) groups excluding carboxylic acids is 2. The van der Waals surface area contributed by atoms with Gasteiger partial charge in [-0.2, -0.15) is 0 Å². The Morgan fingerprint density at radius 3 is 2.00 bits per heavy atom.